The van der Waals surface area contributed by atoms with Gasteiger partial charge in [0.1, 0.15) is 0 Å². The fourth-order valence-electron chi connectivity index (χ4n) is 1.22. The lowest BCUT2D eigenvalue weighted by Crippen LogP contribution is -1.88. The summed E-state index contributed by atoms with van der Waals surface area (Å²) in [5.74, 6) is 0. The summed E-state index contributed by atoms with van der Waals surface area (Å²) >= 11 is 0. The zero-order chi connectivity index (χ0) is 8.36. The minimum absolute atomic E-state index is 0.811. The zero-order valence-corrected chi connectivity index (χ0v) is 9.39. The SMILES string of the molecule is CCCCC[SiH]CCCCC. The van der Waals surface area contributed by atoms with Gasteiger partial charge in [0.2, 0.25) is 0 Å². The van der Waals surface area contributed by atoms with E-state index in [1.54, 1.807) is 12.1 Å². The van der Waals surface area contributed by atoms with Gasteiger partial charge in [-0.1, -0.05) is 64.5 Å². The molecule has 11 heavy (non-hydrogen) atoms. The van der Waals surface area contributed by atoms with Gasteiger partial charge in [-0.05, 0) is 0 Å². The number of unbranched alkanes of at least 4 members (excludes halogenated alkanes) is 4. The van der Waals surface area contributed by atoms with Gasteiger partial charge in [-0.15, -0.1) is 0 Å². The van der Waals surface area contributed by atoms with Crippen LogP contribution in [0.15, 0.2) is 0 Å². The van der Waals surface area contributed by atoms with Crippen molar-refractivity contribution in [3.63, 3.8) is 0 Å². The molecule has 0 aromatic heterocycles. The molecule has 0 fully saturated rings. The van der Waals surface area contributed by atoms with Crippen molar-refractivity contribution in [2.75, 3.05) is 0 Å². The summed E-state index contributed by atoms with van der Waals surface area (Å²) in [6.07, 6.45) is 8.68. The number of hydrogen-bond acceptors (Lipinski definition) is 0. The zero-order valence-electron chi connectivity index (χ0n) is 8.23. The molecular weight excluding hydrogens is 148 g/mol. The van der Waals surface area contributed by atoms with E-state index < -0.39 is 0 Å². The fraction of sp³-hybridized carbons (Fsp3) is 1.00. The van der Waals surface area contributed by atoms with E-state index >= 15 is 0 Å². The highest BCUT2D eigenvalue weighted by Crippen LogP contribution is 2.04. The van der Waals surface area contributed by atoms with E-state index in [4.69, 9.17) is 0 Å². The van der Waals surface area contributed by atoms with Crippen LogP contribution in [0.2, 0.25) is 12.1 Å². The molecule has 0 rings (SSSR count). The summed E-state index contributed by atoms with van der Waals surface area (Å²) in [5.41, 5.74) is 0. The van der Waals surface area contributed by atoms with Gasteiger partial charge < -0.3 is 0 Å². The van der Waals surface area contributed by atoms with Crippen molar-refractivity contribution in [3.05, 3.63) is 0 Å². The molecule has 0 N–H and O–H groups in total. The van der Waals surface area contributed by atoms with Gasteiger partial charge in [-0.3, -0.25) is 0 Å². The Labute approximate surface area is 74.6 Å². The molecule has 0 atom stereocenters. The maximum Gasteiger partial charge on any atom is 0.0280 e. The van der Waals surface area contributed by atoms with Crippen LogP contribution in [-0.2, 0) is 0 Å². The molecule has 0 aliphatic carbocycles. The Morgan fingerprint density at radius 3 is 1.55 bits per heavy atom. The van der Waals surface area contributed by atoms with Gasteiger partial charge in [-0.2, -0.15) is 0 Å². The van der Waals surface area contributed by atoms with Crippen LogP contribution in [0.3, 0.4) is 0 Å². The summed E-state index contributed by atoms with van der Waals surface area (Å²) in [6, 6.07) is 3.11. The van der Waals surface area contributed by atoms with Gasteiger partial charge in [0.15, 0.2) is 0 Å². The lowest BCUT2D eigenvalue weighted by Gasteiger charge is -1.98. The molecule has 0 unspecified atom stereocenters. The molecule has 1 radical (unpaired) electrons. The largest absolute Gasteiger partial charge is 0.0654 e. The van der Waals surface area contributed by atoms with E-state index in [1.165, 1.54) is 38.5 Å². The molecule has 0 heterocycles. The number of hydrogen-bond donors (Lipinski definition) is 0. The maximum atomic E-state index is 2.28. The van der Waals surface area contributed by atoms with Crippen molar-refractivity contribution >= 4 is 9.52 Å². The number of rotatable bonds is 8. The first kappa shape index (κ1) is 11.2. The second kappa shape index (κ2) is 10.2. The molecule has 0 spiro atoms. The molecule has 0 aromatic carbocycles. The molecule has 0 nitrogen and oxygen atoms in total. The Morgan fingerprint density at radius 2 is 1.18 bits per heavy atom. The van der Waals surface area contributed by atoms with E-state index in [9.17, 15) is 0 Å². The van der Waals surface area contributed by atoms with Gasteiger partial charge in [0.05, 0.1) is 0 Å². The smallest absolute Gasteiger partial charge is 0.0280 e. The van der Waals surface area contributed by atoms with E-state index in [-0.39, 0.29) is 0 Å². The third kappa shape index (κ3) is 10.2. The van der Waals surface area contributed by atoms with Gasteiger partial charge >= 0.3 is 0 Å². The molecule has 0 amide bonds. The third-order valence-electron chi connectivity index (χ3n) is 2.02. The lowest BCUT2D eigenvalue weighted by molar-refractivity contribution is 0.752. The van der Waals surface area contributed by atoms with Crippen molar-refractivity contribution < 1.29 is 0 Å². The van der Waals surface area contributed by atoms with Crippen LogP contribution in [0.1, 0.15) is 52.4 Å². The van der Waals surface area contributed by atoms with Crippen LogP contribution in [0.5, 0.6) is 0 Å². The minimum atomic E-state index is 0.811. The van der Waals surface area contributed by atoms with E-state index in [0.717, 1.165) is 9.52 Å². The van der Waals surface area contributed by atoms with Crippen LogP contribution in [0.25, 0.3) is 0 Å². The molecule has 67 valence electrons. The van der Waals surface area contributed by atoms with E-state index in [2.05, 4.69) is 13.8 Å². The van der Waals surface area contributed by atoms with Crippen molar-refractivity contribution in [2.24, 2.45) is 0 Å². The predicted octanol–water partition coefficient (Wildman–Crippen LogP) is 3.64. The molecule has 0 bridgehead atoms. The van der Waals surface area contributed by atoms with Crippen molar-refractivity contribution in [1.29, 1.82) is 0 Å². The monoisotopic (exact) mass is 171 g/mol. The maximum absolute atomic E-state index is 2.28. The Morgan fingerprint density at radius 1 is 0.727 bits per heavy atom. The van der Waals surface area contributed by atoms with Crippen LogP contribution >= 0.6 is 0 Å². The molecule has 0 aromatic rings. The molecule has 0 saturated carbocycles. The summed E-state index contributed by atoms with van der Waals surface area (Å²) in [5, 5.41) is 0. The first-order valence-corrected chi connectivity index (χ1v) is 6.86. The van der Waals surface area contributed by atoms with Crippen LogP contribution < -0.4 is 0 Å². The standard InChI is InChI=1S/C10H23Si/c1-3-5-7-9-11-10-8-6-4-2/h11H,3-10H2,1-2H3. The molecule has 0 saturated heterocycles. The summed E-state index contributed by atoms with van der Waals surface area (Å²) in [6.45, 7) is 4.57. The van der Waals surface area contributed by atoms with E-state index in [1.807, 2.05) is 0 Å². The second-order valence-electron chi connectivity index (χ2n) is 3.28. The first-order chi connectivity index (χ1) is 5.41. The Kier molecular flexibility index (Phi) is 10.4. The van der Waals surface area contributed by atoms with Crippen molar-refractivity contribution in [1.82, 2.24) is 0 Å². The normalized spacial score (nSPS) is 10.4. The average molecular weight is 171 g/mol. The summed E-state index contributed by atoms with van der Waals surface area (Å²) in [7, 11) is 0.811. The predicted molar refractivity (Wildman–Crippen MR) is 55.8 cm³/mol. The first-order valence-electron chi connectivity index (χ1n) is 5.23. The van der Waals surface area contributed by atoms with Crippen LogP contribution in [-0.4, -0.2) is 9.52 Å². The van der Waals surface area contributed by atoms with Crippen molar-refractivity contribution in [3.8, 4) is 0 Å². The minimum Gasteiger partial charge on any atom is -0.0654 e. The third-order valence-corrected chi connectivity index (χ3v) is 3.66. The lowest BCUT2D eigenvalue weighted by atomic mass is 10.3. The van der Waals surface area contributed by atoms with Gasteiger partial charge in [0.25, 0.3) is 0 Å². The molecule has 0 aliphatic heterocycles. The fourth-order valence-corrected chi connectivity index (χ4v) is 2.67. The van der Waals surface area contributed by atoms with Crippen molar-refractivity contribution in [2.45, 2.75) is 64.5 Å². The molecule has 0 aliphatic rings. The van der Waals surface area contributed by atoms with E-state index in [0.29, 0.717) is 0 Å². The Hall–Kier alpha value is 0.217. The average Bonchev–Trinajstić information content (AvgIpc) is 2.03. The Bertz CT molecular complexity index is 53.9. The second-order valence-corrected chi connectivity index (χ2v) is 5.01. The summed E-state index contributed by atoms with van der Waals surface area (Å²) in [4.78, 5) is 0. The molecular formula is C10H23Si. The molecule has 1 heteroatoms. The summed E-state index contributed by atoms with van der Waals surface area (Å²) < 4.78 is 0. The quantitative estimate of drug-likeness (QED) is 0.386. The highest BCUT2D eigenvalue weighted by Gasteiger charge is 1.90. The Balaban J connectivity index is 2.69. The van der Waals surface area contributed by atoms with Crippen LogP contribution in [0, 0.1) is 0 Å². The van der Waals surface area contributed by atoms with Crippen LogP contribution in [0.4, 0.5) is 0 Å². The van der Waals surface area contributed by atoms with Gasteiger partial charge in [0, 0.05) is 9.52 Å². The van der Waals surface area contributed by atoms with Gasteiger partial charge in [-0.25, -0.2) is 0 Å². The topological polar surface area (TPSA) is 0 Å². The highest BCUT2D eigenvalue weighted by atomic mass is 28.2. The highest BCUT2D eigenvalue weighted by molar-refractivity contribution is 6.35.